The van der Waals surface area contributed by atoms with E-state index in [4.69, 9.17) is 4.74 Å². The maximum atomic E-state index is 13.7. The van der Waals surface area contributed by atoms with Crippen LogP contribution in [-0.2, 0) is 21.3 Å². The molecule has 1 fully saturated rings. The largest absolute Gasteiger partial charge is 0.378 e. The zero-order valence-corrected chi connectivity index (χ0v) is 13.8. The zero-order chi connectivity index (χ0) is 17.0. The molecular formula is C16H18FN3O3S. The van der Waals surface area contributed by atoms with E-state index in [1.165, 1.54) is 18.2 Å². The minimum absolute atomic E-state index is 0.0389. The summed E-state index contributed by atoms with van der Waals surface area (Å²) in [6, 6.07) is 8.85. The first-order valence-corrected chi connectivity index (χ1v) is 9.07. The fourth-order valence-electron chi connectivity index (χ4n) is 2.54. The lowest BCUT2D eigenvalue weighted by Gasteiger charge is -2.29. The van der Waals surface area contributed by atoms with Gasteiger partial charge in [0.1, 0.15) is 16.5 Å². The van der Waals surface area contributed by atoms with Crippen LogP contribution in [-0.4, -0.2) is 39.7 Å². The lowest BCUT2D eigenvalue weighted by molar-refractivity contribution is 0.122. The number of pyridine rings is 1. The molecule has 0 radical (unpaired) electrons. The van der Waals surface area contributed by atoms with E-state index in [1.807, 2.05) is 6.07 Å². The summed E-state index contributed by atoms with van der Waals surface area (Å²) in [5.74, 6) is -0.0541. The van der Waals surface area contributed by atoms with Gasteiger partial charge < -0.3 is 9.64 Å². The Hall–Kier alpha value is -2.03. The standard InChI is InChI=1S/C16H18FN3O3S/c17-14-5-1-2-6-15(14)24(21,22)19-12-13-4-3-7-18-16(13)20-8-10-23-11-9-20/h1-7,19H,8-12H2. The molecule has 0 amide bonds. The molecule has 0 saturated carbocycles. The van der Waals surface area contributed by atoms with Gasteiger partial charge in [-0.3, -0.25) is 0 Å². The summed E-state index contributed by atoms with van der Waals surface area (Å²) >= 11 is 0. The van der Waals surface area contributed by atoms with Crippen LogP contribution in [0.3, 0.4) is 0 Å². The van der Waals surface area contributed by atoms with Gasteiger partial charge in [0.25, 0.3) is 0 Å². The van der Waals surface area contributed by atoms with Crippen molar-refractivity contribution >= 4 is 15.8 Å². The van der Waals surface area contributed by atoms with Crippen LogP contribution in [0.2, 0.25) is 0 Å². The van der Waals surface area contributed by atoms with Crippen LogP contribution in [0.25, 0.3) is 0 Å². The average Bonchev–Trinajstić information content (AvgIpc) is 2.61. The van der Waals surface area contributed by atoms with E-state index in [1.54, 1.807) is 12.3 Å². The smallest absolute Gasteiger partial charge is 0.243 e. The van der Waals surface area contributed by atoms with Crippen molar-refractivity contribution in [1.82, 2.24) is 9.71 Å². The third-order valence-corrected chi connectivity index (χ3v) is 5.19. The molecule has 0 bridgehead atoms. The first-order chi connectivity index (χ1) is 11.6. The van der Waals surface area contributed by atoms with Gasteiger partial charge in [0.05, 0.1) is 13.2 Å². The molecule has 1 aromatic heterocycles. The van der Waals surface area contributed by atoms with Gasteiger partial charge >= 0.3 is 0 Å². The number of benzene rings is 1. The lowest BCUT2D eigenvalue weighted by Crippen LogP contribution is -2.37. The van der Waals surface area contributed by atoms with E-state index in [9.17, 15) is 12.8 Å². The summed E-state index contributed by atoms with van der Waals surface area (Å²) in [5, 5.41) is 0. The van der Waals surface area contributed by atoms with Gasteiger partial charge in [-0.05, 0) is 18.2 Å². The molecule has 2 heterocycles. The number of sulfonamides is 1. The van der Waals surface area contributed by atoms with Gasteiger partial charge in [-0.15, -0.1) is 0 Å². The third kappa shape index (κ3) is 3.72. The number of anilines is 1. The lowest BCUT2D eigenvalue weighted by atomic mass is 10.2. The fraction of sp³-hybridized carbons (Fsp3) is 0.312. The van der Waals surface area contributed by atoms with Crippen molar-refractivity contribution in [2.45, 2.75) is 11.4 Å². The third-order valence-electron chi connectivity index (χ3n) is 3.76. The molecule has 6 nitrogen and oxygen atoms in total. The van der Waals surface area contributed by atoms with Crippen molar-refractivity contribution < 1.29 is 17.5 Å². The number of rotatable bonds is 5. The monoisotopic (exact) mass is 351 g/mol. The summed E-state index contributed by atoms with van der Waals surface area (Å²) < 4.78 is 46.1. The molecule has 24 heavy (non-hydrogen) atoms. The fourth-order valence-corrected chi connectivity index (χ4v) is 3.62. The number of nitrogens with one attached hydrogen (secondary N) is 1. The zero-order valence-electron chi connectivity index (χ0n) is 13.0. The molecule has 1 aliphatic rings. The Morgan fingerprint density at radius 2 is 1.92 bits per heavy atom. The van der Waals surface area contributed by atoms with Crippen molar-refractivity contribution in [3.8, 4) is 0 Å². The second kappa shape index (κ2) is 7.25. The Kier molecular flexibility index (Phi) is 5.08. The molecule has 1 saturated heterocycles. The highest BCUT2D eigenvalue weighted by Gasteiger charge is 2.20. The van der Waals surface area contributed by atoms with Crippen molar-refractivity contribution in [3.63, 3.8) is 0 Å². The summed E-state index contributed by atoms with van der Waals surface area (Å²) in [6.07, 6.45) is 1.67. The summed E-state index contributed by atoms with van der Waals surface area (Å²) in [5.41, 5.74) is 0.735. The summed E-state index contributed by atoms with van der Waals surface area (Å²) in [6.45, 7) is 2.65. The van der Waals surface area contributed by atoms with Crippen molar-refractivity contribution in [3.05, 3.63) is 54.0 Å². The van der Waals surface area contributed by atoms with Crippen LogP contribution in [0.4, 0.5) is 10.2 Å². The molecule has 0 unspecified atom stereocenters. The molecule has 1 aromatic carbocycles. The number of hydrogen-bond acceptors (Lipinski definition) is 5. The van der Waals surface area contributed by atoms with Crippen LogP contribution in [0.1, 0.15) is 5.56 Å². The molecule has 2 aromatic rings. The second-order valence-electron chi connectivity index (χ2n) is 5.34. The van der Waals surface area contributed by atoms with E-state index in [0.29, 0.717) is 26.3 Å². The van der Waals surface area contributed by atoms with E-state index < -0.39 is 15.8 Å². The van der Waals surface area contributed by atoms with Gasteiger partial charge in [0.15, 0.2) is 0 Å². The first kappa shape index (κ1) is 16.8. The normalized spacial score (nSPS) is 15.5. The predicted octanol–water partition coefficient (Wildman–Crippen LogP) is 1.54. The molecule has 1 aliphatic heterocycles. The highest BCUT2D eigenvalue weighted by atomic mass is 32.2. The van der Waals surface area contributed by atoms with Crippen LogP contribution in [0.15, 0.2) is 47.5 Å². The highest BCUT2D eigenvalue weighted by molar-refractivity contribution is 7.89. The number of aromatic nitrogens is 1. The molecule has 0 spiro atoms. The average molecular weight is 351 g/mol. The van der Waals surface area contributed by atoms with E-state index in [2.05, 4.69) is 14.6 Å². The minimum Gasteiger partial charge on any atom is -0.378 e. The Morgan fingerprint density at radius 1 is 1.17 bits per heavy atom. The Morgan fingerprint density at radius 3 is 2.67 bits per heavy atom. The summed E-state index contributed by atoms with van der Waals surface area (Å²) in [7, 11) is -3.93. The van der Waals surface area contributed by atoms with Gasteiger partial charge in [-0.1, -0.05) is 18.2 Å². The predicted molar refractivity (Wildman–Crippen MR) is 87.7 cm³/mol. The molecule has 128 valence electrons. The van der Waals surface area contributed by atoms with Crippen LogP contribution >= 0.6 is 0 Å². The number of nitrogens with zero attached hydrogens (tertiary/aromatic N) is 2. The van der Waals surface area contributed by atoms with Gasteiger partial charge in [-0.25, -0.2) is 22.5 Å². The maximum absolute atomic E-state index is 13.7. The molecule has 1 N–H and O–H groups in total. The molecule has 0 aliphatic carbocycles. The van der Waals surface area contributed by atoms with Gasteiger partial charge in [0, 0.05) is 31.4 Å². The van der Waals surface area contributed by atoms with Crippen LogP contribution in [0, 0.1) is 5.82 Å². The number of morpholine rings is 1. The van der Waals surface area contributed by atoms with Gasteiger partial charge in [-0.2, -0.15) is 0 Å². The highest BCUT2D eigenvalue weighted by Crippen LogP contribution is 2.20. The number of halogens is 1. The van der Waals surface area contributed by atoms with E-state index in [0.717, 1.165) is 17.4 Å². The number of hydrogen-bond donors (Lipinski definition) is 1. The van der Waals surface area contributed by atoms with Crippen LogP contribution in [0.5, 0.6) is 0 Å². The first-order valence-electron chi connectivity index (χ1n) is 7.59. The van der Waals surface area contributed by atoms with E-state index >= 15 is 0 Å². The maximum Gasteiger partial charge on any atom is 0.243 e. The molecule has 0 atom stereocenters. The quantitative estimate of drug-likeness (QED) is 0.885. The Balaban J connectivity index is 1.78. The topological polar surface area (TPSA) is 71.5 Å². The van der Waals surface area contributed by atoms with Crippen molar-refractivity contribution in [1.29, 1.82) is 0 Å². The Bertz CT molecular complexity index is 808. The molecule has 3 rings (SSSR count). The van der Waals surface area contributed by atoms with Crippen molar-refractivity contribution in [2.24, 2.45) is 0 Å². The van der Waals surface area contributed by atoms with E-state index in [-0.39, 0.29) is 11.4 Å². The minimum atomic E-state index is -3.93. The SMILES string of the molecule is O=S(=O)(NCc1cccnc1N1CCOCC1)c1ccccc1F. The van der Waals surface area contributed by atoms with Crippen LogP contribution < -0.4 is 9.62 Å². The molecular weight excluding hydrogens is 333 g/mol. The Labute approximate surface area is 140 Å². The number of ether oxygens (including phenoxy) is 1. The van der Waals surface area contributed by atoms with Crippen molar-refractivity contribution in [2.75, 3.05) is 31.2 Å². The van der Waals surface area contributed by atoms with Gasteiger partial charge in [0.2, 0.25) is 10.0 Å². The second-order valence-corrected chi connectivity index (χ2v) is 7.08. The molecule has 8 heteroatoms. The summed E-state index contributed by atoms with van der Waals surface area (Å²) in [4.78, 5) is 6.05.